The molecule has 1 amide bonds. The fraction of sp³-hybridized carbons (Fsp3) is 0.321. The zero-order chi connectivity index (χ0) is 25.0. The summed E-state index contributed by atoms with van der Waals surface area (Å²) in [4.78, 5) is 15.5. The summed E-state index contributed by atoms with van der Waals surface area (Å²) in [5.74, 6) is -0.0828. The molecule has 4 rings (SSSR count). The van der Waals surface area contributed by atoms with Crippen LogP contribution in [0.1, 0.15) is 43.7 Å². The molecule has 0 radical (unpaired) electrons. The van der Waals surface area contributed by atoms with E-state index in [2.05, 4.69) is 24.1 Å². The number of anilines is 3. The summed E-state index contributed by atoms with van der Waals surface area (Å²) >= 11 is 0. The summed E-state index contributed by atoms with van der Waals surface area (Å²) in [6.07, 6.45) is 2.39. The van der Waals surface area contributed by atoms with Crippen LogP contribution in [0.5, 0.6) is 0 Å². The van der Waals surface area contributed by atoms with Crippen LogP contribution in [-0.2, 0) is 14.8 Å². The Morgan fingerprint density at radius 2 is 1.51 bits per heavy atom. The van der Waals surface area contributed by atoms with Crippen LogP contribution in [0.4, 0.5) is 17.1 Å². The van der Waals surface area contributed by atoms with E-state index in [1.54, 1.807) is 36.4 Å². The highest BCUT2D eigenvalue weighted by atomic mass is 32.2. The maximum absolute atomic E-state index is 13.6. The molecule has 1 aliphatic rings. The number of amides is 1. The van der Waals surface area contributed by atoms with Gasteiger partial charge in [0.15, 0.2) is 0 Å². The van der Waals surface area contributed by atoms with Crippen molar-refractivity contribution in [2.24, 2.45) is 0 Å². The second-order valence-electron chi connectivity index (χ2n) is 9.36. The Labute approximate surface area is 208 Å². The molecule has 35 heavy (non-hydrogen) atoms. The van der Waals surface area contributed by atoms with Crippen LogP contribution in [-0.4, -0.2) is 34.0 Å². The first-order valence-electron chi connectivity index (χ1n) is 12.1. The Morgan fingerprint density at radius 3 is 2.09 bits per heavy atom. The van der Waals surface area contributed by atoms with Crippen molar-refractivity contribution in [3.05, 3.63) is 83.9 Å². The fourth-order valence-electron chi connectivity index (χ4n) is 4.24. The molecule has 0 aromatic heterocycles. The van der Waals surface area contributed by atoms with Crippen LogP contribution in [0.15, 0.2) is 77.7 Å². The van der Waals surface area contributed by atoms with Crippen molar-refractivity contribution in [3.63, 3.8) is 0 Å². The second kappa shape index (κ2) is 10.5. The normalized spacial score (nSPS) is 13.8. The third-order valence-electron chi connectivity index (χ3n) is 6.37. The lowest BCUT2D eigenvalue weighted by molar-refractivity contribution is -0.114. The van der Waals surface area contributed by atoms with Gasteiger partial charge in [0.2, 0.25) is 5.91 Å². The SMILES string of the molecule is Cc1ccc(S(=O)(=O)N(CC(=O)Nc2ccc(N3CCCC3)cc2)c2ccc(C(C)C)cc2)cc1. The quantitative estimate of drug-likeness (QED) is 0.448. The van der Waals surface area contributed by atoms with E-state index in [9.17, 15) is 13.2 Å². The Balaban J connectivity index is 1.57. The van der Waals surface area contributed by atoms with E-state index in [1.807, 2.05) is 43.3 Å². The summed E-state index contributed by atoms with van der Waals surface area (Å²) in [6, 6.07) is 21.7. The predicted octanol–water partition coefficient (Wildman–Crippen LogP) is 5.55. The molecule has 0 spiro atoms. The molecule has 7 heteroatoms. The smallest absolute Gasteiger partial charge is 0.264 e. The van der Waals surface area contributed by atoms with Crippen LogP contribution in [0.2, 0.25) is 0 Å². The van der Waals surface area contributed by atoms with Gasteiger partial charge in [-0.15, -0.1) is 0 Å². The Morgan fingerprint density at radius 1 is 0.914 bits per heavy atom. The summed E-state index contributed by atoms with van der Waals surface area (Å²) in [6.45, 7) is 7.84. The standard InChI is InChI=1S/C28H33N3O3S/c1-21(2)23-8-12-26(13-9-23)31(35(33,34)27-16-6-22(3)7-17-27)20-28(32)29-24-10-14-25(15-11-24)30-18-4-5-19-30/h6-17,21H,4-5,18-20H2,1-3H3,(H,29,32). The maximum atomic E-state index is 13.6. The number of hydrogen-bond donors (Lipinski definition) is 1. The average molecular weight is 492 g/mol. The minimum absolute atomic E-state index is 0.152. The van der Waals surface area contributed by atoms with Crippen molar-refractivity contribution in [2.75, 3.05) is 34.2 Å². The first-order chi connectivity index (χ1) is 16.7. The third kappa shape index (κ3) is 5.85. The molecule has 1 heterocycles. The summed E-state index contributed by atoms with van der Waals surface area (Å²) in [5, 5.41) is 2.86. The molecule has 0 atom stereocenters. The fourth-order valence-corrected chi connectivity index (χ4v) is 5.66. The number of hydrogen-bond acceptors (Lipinski definition) is 4. The first kappa shape index (κ1) is 24.8. The summed E-state index contributed by atoms with van der Waals surface area (Å²) < 4.78 is 28.3. The molecular weight excluding hydrogens is 458 g/mol. The number of aryl methyl sites for hydroxylation is 1. The molecule has 3 aromatic rings. The Kier molecular flexibility index (Phi) is 7.45. The third-order valence-corrected chi connectivity index (χ3v) is 8.15. The topological polar surface area (TPSA) is 69.7 Å². The summed E-state index contributed by atoms with van der Waals surface area (Å²) in [7, 11) is -3.94. The molecule has 1 N–H and O–H groups in total. The van der Waals surface area contributed by atoms with Crippen LogP contribution >= 0.6 is 0 Å². The van der Waals surface area contributed by atoms with Crippen LogP contribution < -0.4 is 14.5 Å². The summed E-state index contributed by atoms with van der Waals surface area (Å²) in [5.41, 5.74) is 4.29. The van der Waals surface area contributed by atoms with E-state index in [-0.39, 0.29) is 11.4 Å². The van der Waals surface area contributed by atoms with Gasteiger partial charge >= 0.3 is 0 Å². The van der Waals surface area contributed by atoms with Gasteiger partial charge in [-0.3, -0.25) is 9.10 Å². The zero-order valence-electron chi connectivity index (χ0n) is 20.6. The number of carbonyl (C=O) groups excluding carboxylic acids is 1. The molecule has 0 aliphatic carbocycles. The first-order valence-corrected chi connectivity index (χ1v) is 13.5. The van der Waals surface area contributed by atoms with Crippen LogP contribution in [0.3, 0.4) is 0 Å². The van der Waals surface area contributed by atoms with Crippen molar-refractivity contribution in [1.82, 2.24) is 0 Å². The maximum Gasteiger partial charge on any atom is 0.264 e. The lowest BCUT2D eigenvalue weighted by Crippen LogP contribution is -2.38. The van der Waals surface area contributed by atoms with Gasteiger partial charge in [0, 0.05) is 24.5 Å². The molecule has 1 aliphatic heterocycles. The Bertz CT molecular complexity index is 1250. The molecule has 0 unspecified atom stereocenters. The van der Waals surface area contributed by atoms with Gasteiger partial charge in [0.05, 0.1) is 10.6 Å². The lowest BCUT2D eigenvalue weighted by Gasteiger charge is -2.25. The molecule has 184 valence electrons. The van der Waals surface area contributed by atoms with Crippen LogP contribution in [0.25, 0.3) is 0 Å². The van der Waals surface area contributed by atoms with Crippen molar-refractivity contribution in [1.29, 1.82) is 0 Å². The predicted molar refractivity (Wildman–Crippen MR) is 143 cm³/mol. The Hall–Kier alpha value is -3.32. The largest absolute Gasteiger partial charge is 0.372 e. The molecule has 1 saturated heterocycles. The van der Waals surface area contributed by atoms with Crippen LogP contribution in [0, 0.1) is 6.92 Å². The molecule has 3 aromatic carbocycles. The van der Waals surface area contributed by atoms with Crippen molar-refractivity contribution in [2.45, 2.75) is 44.4 Å². The molecule has 6 nitrogen and oxygen atoms in total. The minimum Gasteiger partial charge on any atom is -0.372 e. The van der Waals surface area contributed by atoms with Gasteiger partial charge in [-0.05, 0) is 79.8 Å². The molecule has 0 bridgehead atoms. The molecule has 1 fully saturated rings. The van der Waals surface area contributed by atoms with Gasteiger partial charge in [0.25, 0.3) is 10.0 Å². The average Bonchev–Trinajstić information content (AvgIpc) is 3.38. The van der Waals surface area contributed by atoms with E-state index in [1.165, 1.54) is 17.1 Å². The lowest BCUT2D eigenvalue weighted by atomic mass is 10.0. The highest BCUT2D eigenvalue weighted by Crippen LogP contribution is 2.27. The monoisotopic (exact) mass is 491 g/mol. The minimum atomic E-state index is -3.94. The van der Waals surface area contributed by atoms with Crippen molar-refractivity contribution >= 4 is 33.0 Å². The number of rotatable bonds is 8. The van der Waals surface area contributed by atoms with Gasteiger partial charge in [-0.25, -0.2) is 8.42 Å². The number of nitrogens with one attached hydrogen (secondary N) is 1. The number of carbonyl (C=O) groups is 1. The van der Waals surface area contributed by atoms with Gasteiger partial charge in [-0.1, -0.05) is 43.7 Å². The number of nitrogens with zero attached hydrogens (tertiary/aromatic N) is 2. The second-order valence-corrected chi connectivity index (χ2v) is 11.2. The number of sulfonamides is 1. The van der Waals surface area contributed by atoms with Gasteiger partial charge in [-0.2, -0.15) is 0 Å². The zero-order valence-corrected chi connectivity index (χ0v) is 21.4. The van der Waals surface area contributed by atoms with E-state index in [0.717, 1.165) is 29.9 Å². The highest BCUT2D eigenvalue weighted by molar-refractivity contribution is 7.92. The van der Waals surface area contributed by atoms with E-state index >= 15 is 0 Å². The van der Waals surface area contributed by atoms with Gasteiger partial charge < -0.3 is 10.2 Å². The van der Waals surface area contributed by atoms with E-state index < -0.39 is 15.9 Å². The highest BCUT2D eigenvalue weighted by Gasteiger charge is 2.27. The van der Waals surface area contributed by atoms with Crippen molar-refractivity contribution < 1.29 is 13.2 Å². The number of benzene rings is 3. The van der Waals surface area contributed by atoms with Gasteiger partial charge in [0.1, 0.15) is 6.54 Å². The molecular formula is C28H33N3O3S. The molecule has 0 saturated carbocycles. The van der Waals surface area contributed by atoms with E-state index in [4.69, 9.17) is 0 Å². The van der Waals surface area contributed by atoms with E-state index in [0.29, 0.717) is 17.3 Å². The van der Waals surface area contributed by atoms with Crippen molar-refractivity contribution in [3.8, 4) is 0 Å².